The number of nitrogens with zero attached hydrogens (tertiary/aromatic N) is 1. The third-order valence-electron chi connectivity index (χ3n) is 3.02. The highest BCUT2D eigenvalue weighted by Gasteiger charge is 2.19. The molecule has 100 valence electrons. The van der Waals surface area contributed by atoms with Crippen molar-refractivity contribution >= 4 is 11.6 Å². The maximum Gasteiger partial charge on any atom is 0.125 e. The molecule has 0 fully saturated rings. The van der Waals surface area contributed by atoms with Crippen LogP contribution in [0.5, 0.6) is 5.75 Å². The molecule has 0 radical (unpaired) electrons. The van der Waals surface area contributed by atoms with Gasteiger partial charge in [0.15, 0.2) is 0 Å². The number of aromatic nitrogens is 1. The second-order valence-corrected chi connectivity index (χ2v) is 4.94. The van der Waals surface area contributed by atoms with Crippen molar-refractivity contribution in [1.29, 1.82) is 0 Å². The van der Waals surface area contributed by atoms with E-state index in [1.54, 1.807) is 19.2 Å². The summed E-state index contributed by atoms with van der Waals surface area (Å²) in [6.45, 7) is 3.94. The van der Waals surface area contributed by atoms with E-state index in [1.807, 2.05) is 26.0 Å². The van der Waals surface area contributed by atoms with Crippen molar-refractivity contribution in [2.24, 2.45) is 0 Å². The van der Waals surface area contributed by atoms with Gasteiger partial charge in [0.25, 0.3) is 0 Å². The molecule has 3 nitrogen and oxygen atoms in total. The number of pyridine rings is 1. The van der Waals surface area contributed by atoms with Gasteiger partial charge in [0, 0.05) is 11.8 Å². The number of ether oxygens (including phenoxy) is 1. The van der Waals surface area contributed by atoms with Crippen LogP contribution in [0.3, 0.4) is 0 Å². The van der Waals surface area contributed by atoms with Gasteiger partial charge in [-0.25, -0.2) is 0 Å². The monoisotopic (exact) mass is 277 g/mol. The van der Waals surface area contributed by atoms with Gasteiger partial charge in [-0.05, 0) is 43.2 Å². The lowest BCUT2D eigenvalue weighted by Crippen LogP contribution is -2.07. The third-order valence-corrected chi connectivity index (χ3v) is 3.24. The Hall–Kier alpha value is -1.58. The Morgan fingerprint density at radius 2 is 2.00 bits per heavy atom. The van der Waals surface area contributed by atoms with E-state index in [1.165, 1.54) is 6.20 Å². The summed E-state index contributed by atoms with van der Waals surface area (Å²) in [7, 11) is 1.60. The van der Waals surface area contributed by atoms with Gasteiger partial charge in [0.2, 0.25) is 0 Å². The predicted octanol–water partition coefficient (Wildman–Crippen LogP) is 3.44. The molecule has 0 aliphatic carbocycles. The van der Waals surface area contributed by atoms with E-state index in [0.29, 0.717) is 16.5 Å². The van der Waals surface area contributed by atoms with E-state index < -0.39 is 6.10 Å². The van der Waals surface area contributed by atoms with Crippen molar-refractivity contribution < 1.29 is 9.84 Å². The number of aliphatic hydroxyl groups is 1. The minimum absolute atomic E-state index is 0.545. The van der Waals surface area contributed by atoms with Gasteiger partial charge in [-0.2, -0.15) is 0 Å². The number of methoxy groups -OCH3 is 1. The standard InChI is InChI=1S/C15H16ClNO2/c1-9-6-10(2)14(13(7-9)19-3)15(18)12-5-4-11(16)8-17-12/h4-8,15,18H,1-3H3. The summed E-state index contributed by atoms with van der Waals surface area (Å²) in [5.41, 5.74) is 3.35. The lowest BCUT2D eigenvalue weighted by atomic mass is 9.97. The van der Waals surface area contributed by atoms with Crippen molar-refractivity contribution in [2.75, 3.05) is 7.11 Å². The summed E-state index contributed by atoms with van der Waals surface area (Å²) in [6.07, 6.45) is 0.698. The Labute approximate surface area is 117 Å². The van der Waals surface area contributed by atoms with Gasteiger partial charge >= 0.3 is 0 Å². The Morgan fingerprint density at radius 3 is 2.58 bits per heavy atom. The fourth-order valence-electron chi connectivity index (χ4n) is 2.16. The molecule has 2 aromatic rings. The van der Waals surface area contributed by atoms with Crippen LogP contribution in [0.4, 0.5) is 0 Å². The van der Waals surface area contributed by atoms with Crippen LogP contribution in [-0.4, -0.2) is 17.2 Å². The first-order valence-electron chi connectivity index (χ1n) is 5.97. The fourth-order valence-corrected chi connectivity index (χ4v) is 2.27. The molecule has 0 aliphatic heterocycles. The van der Waals surface area contributed by atoms with Crippen molar-refractivity contribution in [3.8, 4) is 5.75 Å². The van der Waals surface area contributed by atoms with E-state index >= 15 is 0 Å². The Bertz CT molecular complexity index is 581. The lowest BCUT2D eigenvalue weighted by Gasteiger charge is -2.18. The molecular formula is C15H16ClNO2. The van der Waals surface area contributed by atoms with Crippen molar-refractivity contribution in [3.05, 3.63) is 57.9 Å². The number of halogens is 1. The molecule has 0 aliphatic rings. The molecule has 0 amide bonds. The average Bonchev–Trinajstić information content (AvgIpc) is 2.38. The largest absolute Gasteiger partial charge is 0.496 e. The van der Waals surface area contributed by atoms with Gasteiger partial charge < -0.3 is 9.84 Å². The topological polar surface area (TPSA) is 42.4 Å². The van der Waals surface area contributed by atoms with E-state index in [-0.39, 0.29) is 0 Å². The zero-order valence-corrected chi connectivity index (χ0v) is 11.9. The van der Waals surface area contributed by atoms with Crippen LogP contribution >= 0.6 is 11.6 Å². The molecule has 1 atom stereocenters. The van der Waals surface area contributed by atoms with Crippen LogP contribution < -0.4 is 4.74 Å². The quantitative estimate of drug-likeness (QED) is 0.934. The van der Waals surface area contributed by atoms with Crippen molar-refractivity contribution in [1.82, 2.24) is 4.98 Å². The smallest absolute Gasteiger partial charge is 0.125 e. The molecule has 4 heteroatoms. The number of hydrogen-bond acceptors (Lipinski definition) is 3. The Kier molecular flexibility index (Phi) is 4.08. The van der Waals surface area contributed by atoms with Gasteiger partial charge in [0.05, 0.1) is 17.8 Å². The van der Waals surface area contributed by atoms with E-state index in [0.717, 1.165) is 16.7 Å². The van der Waals surface area contributed by atoms with Gasteiger partial charge in [0.1, 0.15) is 11.9 Å². The van der Waals surface area contributed by atoms with Crippen LogP contribution in [-0.2, 0) is 0 Å². The number of rotatable bonds is 3. The number of aryl methyl sites for hydroxylation is 2. The Balaban J connectivity index is 2.49. The lowest BCUT2D eigenvalue weighted by molar-refractivity contribution is 0.209. The third kappa shape index (κ3) is 2.88. The molecule has 1 aromatic carbocycles. The molecule has 19 heavy (non-hydrogen) atoms. The summed E-state index contributed by atoms with van der Waals surface area (Å²) in [5.74, 6) is 0.668. The van der Waals surface area contributed by atoms with Crippen molar-refractivity contribution in [3.63, 3.8) is 0 Å². The first kappa shape index (κ1) is 13.8. The summed E-state index contributed by atoms with van der Waals surface area (Å²) in [6, 6.07) is 7.34. The van der Waals surface area contributed by atoms with E-state index in [2.05, 4.69) is 4.98 Å². The zero-order valence-electron chi connectivity index (χ0n) is 11.1. The second kappa shape index (κ2) is 5.59. The Morgan fingerprint density at radius 1 is 1.26 bits per heavy atom. The molecule has 2 rings (SSSR count). The number of aliphatic hydroxyl groups excluding tert-OH is 1. The number of benzene rings is 1. The summed E-state index contributed by atoms with van der Waals surface area (Å²) in [4.78, 5) is 4.16. The van der Waals surface area contributed by atoms with Crippen LogP contribution in [0.1, 0.15) is 28.5 Å². The maximum absolute atomic E-state index is 10.5. The van der Waals surface area contributed by atoms with Gasteiger partial charge in [-0.3, -0.25) is 4.98 Å². The zero-order chi connectivity index (χ0) is 14.0. The first-order valence-corrected chi connectivity index (χ1v) is 6.35. The highest BCUT2D eigenvalue weighted by molar-refractivity contribution is 6.30. The summed E-state index contributed by atoms with van der Waals surface area (Å²) in [5, 5.41) is 11.0. The molecule has 1 heterocycles. The van der Waals surface area contributed by atoms with Gasteiger partial charge in [-0.1, -0.05) is 17.7 Å². The molecule has 1 aromatic heterocycles. The SMILES string of the molecule is COc1cc(C)cc(C)c1C(O)c1ccc(Cl)cn1. The molecule has 0 bridgehead atoms. The minimum Gasteiger partial charge on any atom is -0.496 e. The van der Waals surface area contributed by atoms with Crippen LogP contribution in [0.2, 0.25) is 5.02 Å². The fraction of sp³-hybridized carbons (Fsp3) is 0.267. The molecule has 0 saturated heterocycles. The van der Waals surface area contributed by atoms with Crippen LogP contribution in [0.15, 0.2) is 30.5 Å². The first-order chi connectivity index (χ1) is 9.02. The van der Waals surface area contributed by atoms with Crippen molar-refractivity contribution in [2.45, 2.75) is 20.0 Å². The highest BCUT2D eigenvalue weighted by Crippen LogP contribution is 2.33. The maximum atomic E-state index is 10.5. The van der Waals surface area contributed by atoms with E-state index in [9.17, 15) is 5.11 Å². The molecule has 0 spiro atoms. The summed E-state index contributed by atoms with van der Waals surface area (Å²) < 4.78 is 5.36. The molecular weight excluding hydrogens is 262 g/mol. The predicted molar refractivity (Wildman–Crippen MR) is 75.8 cm³/mol. The molecule has 1 unspecified atom stereocenters. The second-order valence-electron chi connectivity index (χ2n) is 4.50. The molecule has 1 N–H and O–H groups in total. The van der Waals surface area contributed by atoms with Crippen LogP contribution in [0, 0.1) is 13.8 Å². The van der Waals surface area contributed by atoms with Crippen LogP contribution in [0.25, 0.3) is 0 Å². The van der Waals surface area contributed by atoms with Gasteiger partial charge in [-0.15, -0.1) is 0 Å². The molecule has 0 saturated carbocycles. The average molecular weight is 278 g/mol. The highest BCUT2D eigenvalue weighted by atomic mass is 35.5. The van der Waals surface area contributed by atoms with E-state index in [4.69, 9.17) is 16.3 Å². The number of hydrogen-bond donors (Lipinski definition) is 1. The normalized spacial score (nSPS) is 12.3. The summed E-state index contributed by atoms with van der Waals surface area (Å²) >= 11 is 5.80. The minimum atomic E-state index is -0.826.